The van der Waals surface area contributed by atoms with Crippen LogP contribution in [-0.2, 0) is 6.42 Å². The maximum atomic E-state index is 10.1. The van der Waals surface area contributed by atoms with E-state index in [1.54, 1.807) is 23.7 Å². The number of nitrogens with zero attached hydrogens (tertiary/aromatic N) is 1. The molecule has 1 N–H and O–H groups in total. The molecule has 2 aromatic rings. The minimum atomic E-state index is -0.523. The van der Waals surface area contributed by atoms with Crippen LogP contribution >= 0.6 is 38.9 Å². The van der Waals surface area contributed by atoms with E-state index in [0.29, 0.717) is 11.4 Å². The monoisotopic (exact) mass is 331 g/mol. The maximum absolute atomic E-state index is 10.1. The van der Waals surface area contributed by atoms with Crippen molar-refractivity contribution in [2.45, 2.75) is 19.4 Å². The first-order valence-corrected chi connectivity index (χ1v) is 7.09. The first-order valence-electron chi connectivity index (χ1n) is 5.10. The third-order valence-electron chi connectivity index (χ3n) is 2.47. The smallest absolute Gasteiger partial charge is 0.0923 e. The van der Waals surface area contributed by atoms with Crippen LogP contribution in [0.15, 0.2) is 29.0 Å². The normalized spacial score (nSPS) is 12.7. The summed E-state index contributed by atoms with van der Waals surface area (Å²) >= 11 is 11.1. The molecular weight excluding hydrogens is 322 g/mol. The SMILES string of the molecule is Cc1sc(C(O)Cc2ccncc2Cl)cc1Br. The third-order valence-corrected chi connectivity index (χ3v) is 5.05. The van der Waals surface area contributed by atoms with Crippen molar-refractivity contribution < 1.29 is 5.11 Å². The zero-order valence-corrected chi connectivity index (χ0v) is 12.3. The summed E-state index contributed by atoms with van der Waals surface area (Å²) in [5.41, 5.74) is 0.913. The fraction of sp³-hybridized carbons (Fsp3) is 0.250. The number of aliphatic hydroxyl groups is 1. The van der Waals surface area contributed by atoms with Gasteiger partial charge in [-0.2, -0.15) is 0 Å². The molecule has 0 fully saturated rings. The number of pyridine rings is 1. The summed E-state index contributed by atoms with van der Waals surface area (Å²) in [5.74, 6) is 0. The lowest BCUT2D eigenvalue weighted by molar-refractivity contribution is 0.182. The summed E-state index contributed by atoms with van der Waals surface area (Å²) in [6, 6.07) is 3.79. The van der Waals surface area contributed by atoms with Crippen molar-refractivity contribution in [1.29, 1.82) is 0 Å². The van der Waals surface area contributed by atoms with Gasteiger partial charge in [0.15, 0.2) is 0 Å². The van der Waals surface area contributed by atoms with Crippen LogP contribution < -0.4 is 0 Å². The van der Waals surface area contributed by atoms with Crippen LogP contribution in [0.1, 0.15) is 21.4 Å². The topological polar surface area (TPSA) is 33.1 Å². The Morgan fingerprint density at radius 2 is 2.35 bits per heavy atom. The quantitative estimate of drug-likeness (QED) is 0.916. The van der Waals surface area contributed by atoms with Gasteiger partial charge in [-0.05, 0) is 40.5 Å². The number of thiophene rings is 1. The number of hydrogen-bond acceptors (Lipinski definition) is 3. The molecule has 90 valence electrons. The van der Waals surface area contributed by atoms with Crippen molar-refractivity contribution in [1.82, 2.24) is 4.98 Å². The molecule has 5 heteroatoms. The Morgan fingerprint density at radius 3 is 2.94 bits per heavy atom. The molecule has 1 atom stereocenters. The second kappa shape index (κ2) is 5.48. The molecule has 0 aromatic carbocycles. The Bertz CT molecular complexity index is 509. The van der Waals surface area contributed by atoms with E-state index >= 15 is 0 Å². The molecule has 2 nitrogen and oxygen atoms in total. The maximum Gasteiger partial charge on any atom is 0.0923 e. The van der Waals surface area contributed by atoms with Crippen LogP contribution in [0.4, 0.5) is 0 Å². The van der Waals surface area contributed by atoms with Crippen LogP contribution in [0.3, 0.4) is 0 Å². The summed E-state index contributed by atoms with van der Waals surface area (Å²) in [6.45, 7) is 2.02. The number of aliphatic hydroxyl groups excluding tert-OH is 1. The van der Waals surface area contributed by atoms with Crippen molar-refractivity contribution in [3.8, 4) is 0 Å². The summed E-state index contributed by atoms with van der Waals surface area (Å²) in [7, 11) is 0. The van der Waals surface area contributed by atoms with Gasteiger partial charge in [0.05, 0.1) is 11.1 Å². The standard InChI is InChI=1S/C12H11BrClNOS/c1-7-9(13)5-12(17-7)11(16)4-8-2-3-15-6-10(8)14/h2-3,5-6,11,16H,4H2,1H3. The highest BCUT2D eigenvalue weighted by Gasteiger charge is 2.14. The van der Waals surface area contributed by atoms with Crippen LogP contribution in [0.25, 0.3) is 0 Å². The fourth-order valence-corrected chi connectivity index (χ4v) is 3.27. The molecule has 2 aromatic heterocycles. The lowest BCUT2D eigenvalue weighted by atomic mass is 10.1. The lowest BCUT2D eigenvalue weighted by Crippen LogP contribution is -2.00. The van der Waals surface area contributed by atoms with E-state index < -0.39 is 6.10 Å². The molecule has 17 heavy (non-hydrogen) atoms. The highest BCUT2D eigenvalue weighted by atomic mass is 79.9. The molecule has 0 aliphatic carbocycles. The van der Waals surface area contributed by atoms with Gasteiger partial charge >= 0.3 is 0 Å². The van der Waals surface area contributed by atoms with Gasteiger partial charge in [-0.1, -0.05) is 11.6 Å². The highest BCUT2D eigenvalue weighted by Crippen LogP contribution is 2.32. The Morgan fingerprint density at radius 1 is 1.59 bits per heavy atom. The van der Waals surface area contributed by atoms with Gasteiger partial charge in [0.2, 0.25) is 0 Å². The van der Waals surface area contributed by atoms with Gasteiger partial charge in [-0.3, -0.25) is 4.98 Å². The van der Waals surface area contributed by atoms with Crippen LogP contribution in [0.5, 0.6) is 0 Å². The lowest BCUT2D eigenvalue weighted by Gasteiger charge is -2.09. The van der Waals surface area contributed by atoms with Gasteiger partial charge in [0, 0.05) is 33.0 Å². The number of halogens is 2. The van der Waals surface area contributed by atoms with E-state index in [-0.39, 0.29) is 0 Å². The molecule has 0 aliphatic rings. The number of rotatable bonds is 3. The van der Waals surface area contributed by atoms with Gasteiger partial charge in [-0.15, -0.1) is 11.3 Å². The van der Waals surface area contributed by atoms with Crippen LogP contribution in [0, 0.1) is 6.92 Å². The second-order valence-electron chi connectivity index (χ2n) is 3.74. The Kier molecular flexibility index (Phi) is 4.20. The molecule has 1 unspecified atom stereocenters. The van der Waals surface area contributed by atoms with Crippen LogP contribution in [0.2, 0.25) is 5.02 Å². The summed E-state index contributed by atoms with van der Waals surface area (Å²) in [6.07, 6.45) is 3.26. The van der Waals surface area contributed by atoms with Crippen molar-refractivity contribution in [2.24, 2.45) is 0 Å². The molecule has 2 rings (SSSR count). The van der Waals surface area contributed by atoms with Gasteiger partial charge in [-0.25, -0.2) is 0 Å². The minimum absolute atomic E-state index is 0.508. The average molecular weight is 333 g/mol. The van der Waals surface area contributed by atoms with E-state index in [9.17, 15) is 5.11 Å². The molecule has 0 bridgehead atoms. The molecule has 0 spiro atoms. The first-order chi connectivity index (χ1) is 8.08. The number of aromatic nitrogens is 1. The van der Waals surface area contributed by atoms with Gasteiger partial charge < -0.3 is 5.11 Å². The molecule has 0 radical (unpaired) electrons. The predicted molar refractivity (Wildman–Crippen MR) is 74.7 cm³/mol. The van der Waals surface area contributed by atoms with E-state index in [1.807, 2.05) is 19.1 Å². The van der Waals surface area contributed by atoms with E-state index in [4.69, 9.17) is 11.6 Å². The second-order valence-corrected chi connectivity index (χ2v) is 6.29. The van der Waals surface area contributed by atoms with Crippen molar-refractivity contribution >= 4 is 38.9 Å². The zero-order chi connectivity index (χ0) is 12.4. The van der Waals surface area contributed by atoms with Crippen molar-refractivity contribution in [3.05, 3.63) is 49.3 Å². The predicted octanol–water partition coefficient (Wildman–Crippen LogP) is 4.14. The number of aryl methyl sites for hydroxylation is 1. The van der Waals surface area contributed by atoms with E-state index in [2.05, 4.69) is 20.9 Å². The summed E-state index contributed by atoms with van der Waals surface area (Å²) in [4.78, 5) is 6.04. The molecule has 0 amide bonds. The molecule has 2 heterocycles. The van der Waals surface area contributed by atoms with Gasteiger partial charge in [0.25, 0.3) is 0 Å². The average Bonchev–Trinajstić information content (AvgIpc) is 2.63. The number of hydrogen-bond donors (Lipinski definition) is 1. The van der Waals surface area contributed by atoms with Crippen molar-refractivity contribution in [2.75, 3.05) is 0 Å². The highest BCUT2D eigenvalue weighted by molar-refractivity contribution is 9.10. The Labute approximate surface area is 117 Å². The van der Waals surface area contributed by atoms with Crippen molar-refractivity contribution in [3.63, 3.8) is 0 Å². The molecule has 0 saturated carbocycles. The zero-order valence-electron chi connectivity index (χ0n) is 9.15. The molecule has 0 aliphatic heterocycles. The largest absolute Gasteiger partial charge is 0.387 e. The molecular formula is C12H11BrClNOS. The molecule has 0 saturated heterocycles. The van der Waals surface area contributed by atoms with E-state index in [0.717, 1.165) is 14.9 Å². The summed E-state index contributed by atoms with van der Waals surface area (Å²) in [5, 5.41) is 10.7. The fourth-order valence-electron chi connectivity index (χ4n) is 1.52. The first kappa shape index (κ1) is 13.0. The third kappa shape index (κ3) is 3.07. The van der Waals surface area contributed by atoms with E-state index in [1.165, 1.54) is 4.88 Å². The van der Waals surface area contributed by atoms with Gasteiger partial charge in [0.1, 0.15) is 0 Å². The Balaban J connectivity index is 2.17. The van der Waals surface area contributed by atoms with Crippen LogP contribution in [-0.4, -0.2) is 10.1 Å². The minimum Gasteiger partial charge on any atom is -0.387 e. The Hall–Kier alpha value is -0.420. The summed E-state index contributed by atoms with van der Waals surface area (Å²) < 4.78 is 1.04.